The lowest BCUT2D eigenvalue weighted by molar-refractivity contribution is 0.0930. The first-order valence-electron chi connectivity index (χ1n) is 6.04. The van der Waals surface area contributed by atoms with Gasteiger partial charge < -0.3 is 15.4 Å². The van der Waals surface area contributed by atoms with Gasteiger partial charge in [-0.05, 0) is 29.7 Å². The monoisotopic (exact) mass is 268 g/mol. The van der Waals surface area contributed by atoms with Crippen LogP contribution in [0.3, 0.4) is 0 Å². The van der Waals surface area contributed by atoms with E-state index in [1.165, 1.54) is 11.1 Å². The second-order valence-electron chi connectivity index (χ2n) is 4.62. The lowest BCUT2D eigenvalue weighted by atomic mass is 10.1. The molecule has 0 radical (unpaired) electrons. The molecule has 3 rings (SSSR count). The normalized spacial score (nSPS) is 21.2. The summed E-state index contributed by atoms with van der Waals surface area (Å²) in [5.41, 5.74) is 3.28. The maximum absolute atomic E-state index is 12.0. The zero-order valence-electron chi connectivity index (χ0n) is 10.1. The molecule has 1 aromatic rings. The highest BCUT2D eigenvalue weighted by Gasteiger charge is 2.19. The fraction of sp³-hybridized carbons (Fsp3) is 0.462. The molecule has 18 heavy (non-hydrogen) atoms. The molecule has 0 spiro atoms. The van der Waals surface area contributed by atoms with Crippen LogP contribution in [-0.2, 0) is 17.8 Å². The van der Waals surface area contributed by atoms with Crippen molar-refractivity contribution in [2.24, 2.45) is 0 Å². The maximum atomic E-state index is 12.0. The summed E-state index contributed by atoms with van der Waals surface area (Å²) < 4.78 is 5.24. The highest BCUT2D eigenvalue weighted by atomic mass is 35.5. The van der Waals surface area contributed by atoms with Crippen molar-refractivity contribution in [3.05, 3.63) is 34.9 Å². The second kappa shape index (κ2) is 5.69. The first kappa shape index (κ1) is 13.3. The van der Waals surface area contributed by atoms with E-state index >= 15 is 0 Å². The van der Waals surface area contributed by atoms with E-state index in [0.717, 1.165) is 31.7 Å². The molecule has 2 aliphatic rings. The Morgan fingerprint density at radius 1 is 1.33 bits per heavy atom. The molecule has 2 N–H and O–H groups in total. The molecule has 1 amide bonds. The molecular weight excluding hydrogens is 252 g/mol. The largest absolute Gasteiger partial charge is 0.379 e. The number of ether oxygens (including phenoxy) is 1. The number of rotatable bonds is 2. The molecule has 0 saturated carbocycles. The second-order valence-corrected chi connectivity index (χ2v) is 4.62. The van der Waals surface area contributed by atoms with Gasteiger partial charge in [-0.3, -0.25) is 4.79 Å². The van der Waals surface area contributed by atoms with Gasteiger partial charge in [0.1, 0.15) is 0 Å². The van der Waals surface area contributed by atoms with Crippen LogP contribution in [0.5, 0.6) is 0 Å². The van der Waals surface area contributed by atoms with Crippen LogP contribution in [0.2, 0.25) is 0 Å². The highest BCUT2D eigenvalue weighted by molar-refractivity contribution is 5.94. The first-order chi connectivity index (χ1) is 8.33. The average molecular weight is 269 g/mol. The minimum Gasteiger partial charge on any atom is -0.379 e. The number of fused-ring (bicyclic) bond motifs is 1. The molecule has 2 aliphatic heterocycles. The van der Waals surface area contributed by atoms with Crippen LogP contribution in [0.25, 0.3) is 0 Å². The van der Waals surface area contributed by atoms with Crippen LogP contribution in [-0.4, -0.2) is 25.2 Å². The van der Waals surface area contributed by atoms with Crippen molar-refractivity contribution < 1.29 is 9.53 Å². The van der Waals surface area contributed by atoms with E-state index in [0.29, 0.717) is 6.61 Å². The van der Waals surface area contributed by atoms with Crippen molar-refractivity contribution in [3.8, 4) is 0 Å². The summed E-state index contributed by atoms with van der Waals surface area (Å²) in [6.45, 7) is 3.16. The van der Waals surface area contributed by atoms with E-state index in [1.807, 2.05) is 18.2 Å². The van der Waals surface area contributed by atoms with Crippen molar-refractivity contribution in [1.82, 2.24) is 10.6 Å². The van der Waals surface area contributed by atoms with Gasteiger partial charge in [-0.1, -0.05) is 6.07 Å². The fourth-order valence-corrected chi connectivity index (χ4v) is 2.35. The van der Waals surface area contributed by atoms with Crippen LogP contribution >= 0.6 is 12.4 Å². The summed E-state index contributed by atoms with van der Waals surface area (Å²) in [5.74, 6) is 0.00944. The highest BCUT2D eigenvalue weighted by Crippen LogP contribution is 2.17. The van der Waals surface area contributed by atoms with Gasteiger partial charge in [0.15, 0.2) is 0 Å². The number of nitrogens with one attached hydrogen (secondary N) is 2. The lowest BCUT2D eigenvalue weighted by Gasteiger charge is -2.11. The lowest BCUT2D eigenvalue weighted by Crippen LogP contribution is -2.35. The Bertz CT molecular complexity index is 445. The van der Waals surface area contributed by atoms with Crippen LogP contribution in [0.4, 0.5) is 0 Å². The minimum absolute atomic E-state index is 0. The van der Waals surface area contributed by atoms with Crippen molar-refractivity contribution in [3.63, 3.8) is 0 Å². The van der Waals surface area contributed by atoms with Gasteiger partial charge in [-0.2, -0.15) is 0 Å². The van der Waals surface area contributed by atoms with Gasteiger partial charge in [0.25, 0.3) is 5.91 Å². The van der Waals surface area contributed by atoms with E-state index in [4.69, 9.17) is 4.74 Å². The van der Waals surface area contributed by atoms with Crippen molar-refractivity contribution in [2.45, 2.75) is 25.6 Å². The van der Waals surface area contributed by atoms with Gasteiger partial charge >= 0.3 is 0 Å². The molecule has 1 aromatic carbocycles. The number of benzene rings is 1. The smallest absolute Gasteiger partial charge is 0.251 e. The van der Waals surface area contributed by atoms with Gasteiger partial charge in [0, 0.05) is 25.3 Å². The predicted molar refractivity (Wildman–Crippen MR) is 70.9 cm³/mol. The maximum Gasteiger partial charge on any atom is 0.251 e. The van der Waals surface area contributed by atoms with Crippen LogP contribution in [0, 0.1) is 0 Å². The predicted octanol–water partition coefficient (Wildman–Crippen LogP) is 1.23. The molecule has 0 aromatic heterocycles. The molecule has 0 bridgehead atoms. The van der Waals surface area contributed by atoms with Crippen LogP contribution in [0.1, 0.15) is 27.9 Å². The quantitative estimate of drug-likeness (QED) is 0.848. The van der Waals surface area contributed by atoms with E-state index in [-0.39, 0.29) is 24.4 Å². The van der Waals surface area contributed by atoms with E-state index < -0.39 is 0 Å². The zero-order valence-corrected chi connectivity index (χ0v) is 10.9. The number of amides is 1. The molecule has 98 valence electrons. The number of halogens is 1. The summed E-state index contributed by atoms with van der Waals surface area (Å²) in [7, 11) is 0. The van der Waals surface area contributed by atoms with Gasteiger partial charge in [-0.25, -0.2) is 0 Å². The minimum atomic E-state index is 0. The van der Waals surface area contributed by atoms with E-state index in [9.17, 15) is 4.79 Å². The van der Waals surface area contributed by atoms with Crippen LogP contribution < -0.4 is 10.6 Å². The van der Waals surface area contributed by atoms with E-state index in [1.54, 1.807) is 0 Å². The summed E-state index contributed by atoms with van der Waals surface area (Å²) in [4.78, 5) is 12.0. The number of carbonyl (C=O) groups excluding carboxylic acids is 1. The Hall–Kier alpha value is -1.10. The van der Waals surface area contributed by atoms with Gasteiger partial charge in [-0.15, -0.1) is 12.4 Å². The number of carbonyl (C=O) groups is 1. The topological polar surface area (TPSA) is 50.4 Å². The van der Waals surface area contributed by atoms with Crippen molar-refractivity contribution in [2.75, 3.05) is 13.2 Å². The molecule has 1 atom stereocenters. The van der Waals surface area contributed by atoms with Crippen LogP contribution in [0.15, 0.2) is 18.2 Å². The molecule has 1 fully saturated rings. The Balaban J connectivity index is 0.00000120. The van der Waals surface area contributed by atoms with Gasteiger partial charge in [0.05, 0.1) is 12.6 Å². The summed E-state index contributed by atoms with van der Waals surface area (Å²) >= 11 is 0. The third-order valence-electron chi connectivity index (χ3n) is 3.36. The van der Waals surface area contributed by atoms with Gasteiger partial charge in [0.2, 0.25) is 0 Å². The molecule has 4 nitrogen and oxygen atoms in total. The Labute approximate surface area is 113 Å². The fourth-order valence-electron chi connectivity index (χ4n) is 2.35. The standard InChI is InChI=1S/C13H16N2O2.ClH/c16-13(15-12-3-4-17-8-12)9-1-2-10-6-14-7-11(10)5-9;/h1-2,5,12,14H,3-4,6-8H2,(H,15,16);1H. The molecule has 5 heteroatoms. The third kappa shape index (κ3) is 2.66. The number of hydrogen-bond acceptors (Lipinski definition) is 3. The zero-order chi connectivity index (χ0) is 11.7. The third-order valence-corrected chi connectivity index (χ3v) is 3.36. The summed E-state index contributed by atoms with van der Waals surface area (Å²) in [6, 6.07) is 6.10. The summed E-state index contributed by atoms with van der Waals surface area (Å²) in [5, 5.41) is 6.28. The van der Waals surface area contributed by atoms with E-state index in [2.05, 4.69) is 10.6 Å². The SMILES string of the molecule is Cl.O=C(NC1CCOC1)c1ccc2c(c1)CNC2. The Morgan fingerprint density at radius 2 is 2.17 bits per heavy atom. The first-order valence-corrected chi connectivity index (χ1v) is 6.04. The summed E-state index contributed by atoms with van der Waals surface area (Å²) in [6.07, 6.45) is 0.915. The number of hydrogen-bond donors (Lipinski definition) is 2. The van der Waals surface area contributed by atoms with Crippen molar-refractivity contribution in [1.29, 1.82) is 0 Å². The molecule has 1 unspecified atom stereocenters. The Morgan fingerprint density at radius 3 is 2.94 bits per heavy atom. The Kier molecular flexibility index (Phi) is 4.22. The molecule has 1 saturated heterocycles. The molecular formula is C13H17ClN2O2. The van der Waals surface area contributed by atoms with Crippen molar-refractivity contribution >= 4 is 18.3 Å². The molecule has 0 aliphatic carbocycles. The molecule has 2 heterocycles. The average Bonchev–Trinajstić information content (AvgIpc) is 2.97.